The maximum Gasteiger partial charge on any atom is 0.115 e. The average molecular weight is 292 g/mol. The van der Waals surface area contributed by atoms with Crippen LogP contribution in [0, 0.1) is 0 Å². The maximum absolute atomic E-state index is 4.29. The summed E-state index contributed by atoms with van der Waals surface area (Å²) in [4.78, 5) is 8.23. The summed E-state index contributed by atoms with van der Waals surface area (Å²) in [5.41, 5.74) is 2.28. The van der Waals surface area contributed by atoms with E-state index in [2.05, 4.69) is 43.3 Å². The summed E-state index contributed by atoms with van der Waals surface area (Å²) in [6.45, 7) is 0. The molecule has 17 heavy (non-hydrogen) atoms. The minimum atomic E-state index is 0.205. The van der Waals surface area contributed by atoms with E-state index in [4.69, 9.17) is 0 Å². The van der Waals surface area contributed by atoms with Crippen LogP contribution in [-0.4, -0.2) is 17.0 Å². The lowest BCUT2D eigenvalue weighted by Crippen LogP contribution is -2.20. The van der Waals surface area contributed by atoms with Gasteiger partial charge in [0.25, 0.3) is 0 Å². The topological polar surface area (TPSA) is 37.8 Å². The van der Waals surface area contributed by atoms with E-state index in [9.17, 15) is 0 Å². The Morgan fingerprint density at radius 2 is 2.12 bits per heavy atom. The molecule has 88 valence electrons. The molecule has 0 saturated carbocycles. The van der Waals surface area contributed by atoms with E-state index in [0.717, 1.165) is 16.6 Å². The molecule has 0 aliphatic heterocycles. The quantitative estimate of drug-likeness (QED) is 0.941. The Labute approximate surface area is 109 Å². The molecule has 1 aromatic heterocycles. The van der Waals surface area contributed by atoms with Crippen molar-refractivity contribution in [2.75, 3.05) is 7.05 Å². The van der Waals surface area contributed by atoms with Gasteiger partial charge in [0.15, 0.2) is 0 Å². The summed E-state index contributed by atoms with van der Waals surface area (Å²) in [7, 11) is 1.95. The van der Waals surface area contributed by atoms with Crippen molar-refractivity contribution in [3.63, 3.8) is 0 Å². The smallest absolute Gasteiger partial charge is 0.115 e. The van der Waals surface area contributed by atoms with Crippen molar-refractivity contribution >= 4 is 15.9 Å². The number of nitrogens with zero attached hydrogens (tertiary/aromatic N) is 2. The Balaban J connectivity index is 2.19. The molecule has 0 saturated heterocycles. The van der Waals surface area contributed by atoms with Crippen molar-refractivity contribution in [1.29, 1.82) is 0 Å². The van der Waals surface area contributed by atoms with Crippen LogP contribution in [0.2, 0.25) is 0 Å². The summed E-state index contributed by atoms with van der Waals surface area (Å²) in [5.74, 6) is 0. The third kappa shape index (κ3) is 3.11. The number of nitrogens with one attached hydrogen (secondary N) is 1. The molecule has 0 amide bonds. The van der Waals surface area contributed by atoms with Gasteiger partial charge in [0.2, 0.25) is 0 Å². The fourth-order valence-electron chi connectivity index (χ4n) is 1.75. The van der Waals surface area contributed by atoms with E-state index < -0.39 is 0 Å². The second kappa shape index (κ2) is 5.89. The number of likely N-dealkylation sites (N-methyl/N-ethyl adjacent to an activating group) is 1. The molecule has 1 atom stereocenters. The van der Waals surface area contributed by atoms with Crippen molar-refractivity contribution in [3.8, 4) is 0 Å². The third-order valence-electron chi connectivity index (χ3n) is 2.69. The molecular weight excluding hydrogens is 278 g/mol. The zero-order valence-electron chi connectivity index (χ0n) is 9.60. The third-order valence-corrected chi connectivity index (χ3v) is 3.47. The molecule has 0 bridgehead atoms. The molecule has 1 N–H and O–H groups in total. The minimum absolute atomic E-state index is 0.205. The van der Waals surface area contributed by atoms with Gasteiger partial charge in [-0.15, -0.1) is 0 Å². The molecule has 2 rings (SSSR count). The zero-order valence-corrected chi connectivity index (χ0v) is 11.2. The summed E-state index contributed by atoms with van der Waals surface area (Å²) in [6.07, 6.45) is 4.25. The van der Waals surface area contributed by atoms with Crippen molar-refractivity contribution < 1.29 is 0 Å². The van der Waals surface area contributed by atoms with Crippen molar-refractivity contribution in [2.24, 2.45) is 0 Å². The highest BCUT2D eigenvalue weighted by Gasteiger charge is 2.12. The fourth-order valence-corrected chi connectivity index (χ4v) is 2.19. The molecule has 4 heteroatoms. The molecule has 1 unspecified atom stereocenters. The Morgan fingerprint density at radius 3 is 2.76 bits per heavy atom. The van der Waals surface area contributed by atoms with Gasteiger partial charge in [-0.25, -0.2) is 9.97 Å². The van der Waals surface area contributed by atoms with Crippen LogP contribution in [0.1, 0.15) is 17.3 Å². The van der Waals surface area contributed by atoms with Gasteiger partial charge in [0.1, 0.15) is 6.33 Å². The molecule has 0 radical (unpaired) electrons. The van der Waals surface area contributed by atoms with Gasteiger partial charge in [-0.1, -0.05) is 34.1 Å². The van der Waals surface area contributed by atoms with E-state index in [1.807, 2.05) is 25.2 Å². The Kier molecular flexibility index (Phi) is 4.23. The number of aromatic nitrogens is 2. The molecule has 1 heterocycles. The van der Waals surface area contributed by atoms with Gasteiger partial charge in [-0.3, -0.25) is 0 Å². The predicted octanol–water partition coefficient (Wildman–Crippen LogP) is 2.74. The summed E-state index contributed by atoms with van der Waals surface area (Å²) < 4.78 is 1.13. The molecule has 0 spiro atoms. The van der Waals surface area contributed by atoms with Gasteiger partial charge in [0.05, 0.1) is 11.7 Å². The Bertz CT molecular complexity index is 473. The van der Waals surface area contributed by atoms with E-state index >= 15 is 0 Å². The lowest BCUT2D eigenvalue weighted by atomic mass is 10.0. The second-order valence-electron chi connectivity index (χ2n) is 3.77. The number of hydrogen-bond donors (Lipinski definition) is 1. The monoisotopic (exact) mass is 291 g/mol. The predicted molar refractivity (Wildman–Crippen MR) is 71.7 cm³/mol. The summed E-state index contributed by atoms with van der Waals surface area (Å²) in [5, 5.41) is 3.28. The van der Waals surface area contributed by atoms with E-state index in [-0.39, 0.29) is 6.04 Å². The van der Waals surface area contributed by atoms with E-state index in [0.29, 0.717) is 0 Å². The van der Waals surface area contributed by atoms with Gasteiger partial charge >= 0.3 is 0 Å². The normalized spacial score (nSPS) is 12.4. The van der Waals surface area contributed by atoms with E-state index in [1.54, 1.807) is 12.5 Å². The molecule has 1 aromatic carbocycles. The molecule has 0 fully saturated rings. The highest BCUT2D eigenvalue weighted by molar-refractivity contribution is 9.10. The molecule has 3 nitrogen and oxygen atoms in total. The van der Waals surface area contributed by atoms with Crippen molar-refractivity contribution in [2.45, 2.75) is 12.5 Å². The van der Waals surface area contributed by atoms with Gasteiger partial charge in [0, 0.05) is 10.7 Å². The number of rotatable bonds is 4. The molecule has 0 aliphatic rings. The van der Waals surface area contributed by atoms with Crippen LogP contribution in [0.25, 0.3) is 0 Å². The van der Waals surface area contributed by atoms with Gasteiger partial charge in [-0.2, -0.15) is 0 Å². The van der Waals surface area contributed by atoms with Crippen LogP contribution in [-0.2, 0) is 6.42 Å². The molecular formula is C13H14BrN3. The largest absolute Gasteiger partial charge is 0.311 e. The highest BCUT2D eigenvalue weighted by Crippen LogP contribution is 2.22. The first-order valence-corrected chi connectivity index (χ1v) is 6.27. The lowest BCUT2D eigenvalue weighted by molar-refractivity contribution is 0.573. The minimum Gasteiger partial charge on any atom is -0.311 e. The highest BCUT2D eigenvalue weighted by atomic mass is 79.9. The van der Waals surface area contributed by atoms with Crippen LogP contribution in [0.15, 0.2) is 47.3 Å². The number of benzene rings is 1. The first kappa shape index (κ1) is 12.2. The lowest BCUT2D eigenvalue weighted by Gasteiger charge is -2.16. The average Bonchev–Trinajstić information content (AvgIpc) is 2.39. The number of halogens is 1. The number of hydrogen-bond acceptors (Lipinski definition) is 3. The van der Waals surface area contributed by atoms with Crippen LogP contribution in [0.3, 0.4) is 0 Å². The van der Waals surface area contributed by atoms with Crippen LogP contribution >= 0.6 is 15.9 Å². The first-order chi connectivity index (χ1) is 8.31. The SMILES string of the molecule is CNC(Cc1ccccc1Br)c1ccncn1. The standard InChI is InChI=1S/C13H14BrN3/c1-15-13(12-6-7-16-9-17-12)8-10-4-2-3-5-11(10)14/h2-7,9,13,15H,8H2,1H3. The summed E-state index contributed by atoms with van der Waals surface area (Å²) in [6, 6.07) is 10.4. The van der Waals surface area contributed by atoms with Gasteiger partial charge in [-0.05, 0) is 31.2 Å². The fraction of sp³-hybridized carbons (Fsp3) is 0.231. The van der Waals surface area contributed by atoms with Crippen molar-refractivity contribution in [1.82, 2.24) is 15.3 Å². The Morgan fingerprint density at radius 1 is 1.29 bits per heavy atom. The molecule has 2 aromatic rings. The molecule has 0 aliphatic carbocycles. The summed E-state index contributed by atoms with van der Waals surface area (Å²) >= 11 is 3.57. The van der Waals surface area contributed by atoms with Gasteiger partial charge < -0.3 is 5.32 Å². The Hall–Kier alpha value is -1.26. The first-order valence-electron chi connectivity index (χ1n) is 5.48. The van der Waals surface area contributed by atoms with Crippen LogP contribution < -0.4 is 5.32 Å². The van der Waals surface area contributed by atoms with Crippen LogP contribution in [0.5, 0.6) is 0 Å². The maximum atomic E-state index is 4.29. The van der Waals surface area contributed by atoms with Crippen molar-refractivity contribution in [3.05, 3.63) is 58.6 Å². The van der Waals surface area contributed by atoms with E-state index in [1.165, 1.54) is 5.56 Å². The van der Waals surface area contributed by atoms with Crippen LogP contribution in [0.4, 0.5) is 0 Å². The zero-order chi connectivity index (χ0) is 12.1. The second-order valence-corrected chi connectivity index (χ2v) is 4.63.